The summed E-state index contributed by atoms with van der Waals surface area (Å²) >= 11 is 0. The van der Waals surface area contributed by atoms with E-state index in [1.165, 1.54) is 0 Å². The van der Waals surface area contributed by atoms with Crippen LogP contribution in [0.1, 0.15) is 24.5 Å². The minimum Gasteiger partial charge on any atom is -0.385 e. The molecule has 1 aromatic rings. The molecule has 0 amide bonds. The molecule has 0 saturated carbocycles. The van der Waals surface area contributed by atoms with E-state index >= 15 is 0 Å². The van der Waals surface area contributed by atoms with Gasteiger partial charge in [-0.1, -0.05) is 30.3 Å². The zero-order valence-electron chi connectivity index (χ0n) is 12.3. The van der Waals surface area contributed by atoms with E-state index in [2.05, 4.69) is 5.01 Å². The van der Waals surface area contributed by atoms with Gasteiger partial charge in [-0.25, -0.2) is 0 Å². The Morgan fingerprint density at radius 1 is 1.43 bits per heavy atom. The Morgan fingerprint density at radius 2 is 2.24 bits per heavy atom. The van der Waals surface area contributed by atoms with Crippen molar-refractivity contribution in [2.45, 2.75) is 31.1 Å². The maximum Gasteiger partial charge on any atom is 0.130 e. The SMILES string of the molecule is COC[C@@H]1CCCN1/N=C1/CO[C@H]1C(O)c1ccccc1. The Labute approximate surface area is 125 Å². The molecule has 21 heavy (non-hydrogen) atoms. The molecule has 2 aliphatic heterocycles. The van der Waals surface area contributed by atoms with E-state index in [4.69, 9.17) is 14.6 Å². The number of benzene rings is 1. The maximum atomic E-state index is 10.4. The molecule has 1 aromatic carbocycles. The van der Waals surface area contributed by atoms with Gasteiger partial charge in [0.25, 0.3) is 0 Å². The molecule has 2 fully saturated rings. The topological polar surface area (TPSA) is 54.3 Å². The summed E-state index contributed by atoms with van der Waals surface area (Å²) < 4.78 is 10.8. The number of nitrogens with zero attached hydrogens (tertiary/aromatic N) is 2. The average molecular weight is 290 g/mol. The number of methoxy groups -OCH3 is 1. The highest BCUT2D eigenvalue weighted by molar-refractivity contribution is 5.94. The fourth-order valence-electron chi connectivity index (χ4n) is 2.92. The normalized spacial score (nSPS) is 28.7. The van der Waals surface area contributed by atoms with E-state index in [-0.39, 0.29) is 6.10 Å². The highest BCUT2D eigenvalue weighted by Crippen LogP contribution is 2.27. The lowest BCUT2D eigenvalue weighted by Crippen LogP contribution is -2.46. The predicted molar refractivity (Wildman–Crippen MR) is 80.2 cm³/mol. The second-order valence-electron chi connectivity index (χ2n) is 5.59. The van der Waals surface area contributed by atoms with E-state index in [0.717, 1.165) is 30.7 Å². The van der Waals surface area contributed by atoms with Crippen LogP contribution in [0.25, 0.3) is 0 Å². The number of rotatable bonds is 5. The van der Waals surface area contributed by atoms with Crippen LogP contribution in [0.4, 0.5) is 0 Å². The Hall–Kier alpha value is -1.43. The molecule has 5 nitrogen and oxygen atoms in total. The van der Waals surface area contributed by atoms with Gasteiger partial charge in [-0.3, -0.25) is 5.01 Å². The van der Waals surface area contributed by atoms with Gasteiger partial charge in [0.2, 0.25) is 0 Å². The molecule has 0 radical (unpaired) electrons. The third-order valence-corrected chi connectivity index (χ3v) is 4.13. The van der Waals surface area contributed by atoms with Crippen LogP contribution in [0.3, 0.4) is 0 Å². The standard InChI is InChI=1S/C16H22N2O3/c1-20-10-13-8-5-9-18(13)17-14-11-21-16(14)15(19)12-6-3-2-4-7-12/h2-4,6-7,13,15-16,19H,5,8-11H2,1H3/b17-14-/t13-,15?,16+/m0/s1. The van der Waals surface area contributed by atoms with Gasteiger partial charge in [0.1, 0.15) is 12.2 Å². The second kappa shape index (κ2) is 6.56. The van der Waals surface area contributed by atoms with Gasteiger partial charge in [0, 0.05) is 13.7 Å². The molecule has 1 N–H and O–H groups in total. The molecule has 0 aromatic heterocycles. The average Bonchev–Trinajstić information content (AvgIpc) is 2.92. The molecule has 2 heterocycles. The summed E-state index contributed by atoms with van der Waals surface area (Å²) in [6.07, 6.45) is 1.27. The second-order valence-corrected chi connectivity index (χ2v) is 5.59. The third kappa shape index (κ3) is 3.10. The fourth-order valence-corrected chi connectivity index (χ4v) is 2.92. The van der Waals surface area contributed by atoms with Crippen LogP contribution in [0.5, 0.6) is 0 Å². The van der Waals surface area contributed by atoms with Crippen LogP contribution in [-0.2, 0) is 9.47 Å². The number of hydrogen-bond donors (Lipinski definition) is 1. The van der Waals surface area contributed by atoms with Gasteiger partial charge in [-0.15, -0.1) is 0 Å². The maximum absolute atomic E-state index is 10.4. The van der Waals surface area contributed by atoms with Crippen molar-refractivity contribution in [3.63, 3.8) is 0 Å². The molecule has 1 unspecified atom stereocenters. The fraction of sp³-hybridized carbons (Fsp3) is 0.562. The summed E-state index contributed by atoms with van der Waals surface area (Å²) in [6.45, 7) is 2.15. The molecule has 0 bridgehead atoms. The Bertz CT molecular complexity index is 492. The molecular formula is C16H22N2O3. The lowest BCUT2D eigenvalue weighted by atomic mass is 9.98. The van der Waals surface area contributed by atoms with Crippen LogP contribution < -0.4 is 0 Å². The van der Waals surface area contributed by atoms with Crippen molar-refractivity contribution in [1.82, 2.24) is 5.01 Å². The summed E-state index contributed by atoms with van der Waals surface area (Å²) in [4.78, 5) is 0. The van der Waals surface area contributed by atoms with Crippen LogP contribution in [0.2, 0.25) is 0 Å². The molecule has 0 aliphatic carbocycles. The van der Waals surface area contributed by atoms with Crippen molar-refractivity contribution in [2.24, 2.45) is 5.10 Å². The van der Waals surface area contributed by atoms with Crippen molar-refractivity contribution in [1.29, 1.82) is 0 Å². The van der Waals surface area contributed by atoms with Crippen LogP contribution in [0, 0.1) is 0 Å². The van der Waals surface area contributed by atoms with E-state index in [1.807, 2.05) is 30.3 Å². The third-order valence-electron chi connectivity index (χ3n) is 4.13. The van der Waals surface area contributed by atoms with Crippen molar-refractivity contribution in [3.8, 4) is 0 Å². The number of ether oxygens (including phenoxy) is 2. The smallest absolute Gasteiger partial charge is 0.130 e. The molecular weight excluding hydrogens is 268 g/mol. The number of aliphatic hydroxyl groups excluding tert-OH is 1. The quantitative estimate of drug-likeness (QED) is 0.894. The van der Waals surface area contributed by atoms with Gasteiger partial charge in [-0.05, 0) is 18.4 Å². The van der Waals surface area contributed by atoms with Crippen LogP contribution >= 0.6 is 0 Å². The first kappa shape index (κ1) is 14.5. The van der Waals surface area contributed by atoms with Crippen LogP contribution in [-0.4, -0.2) is 54.8 Å². The monoisotopic (exact) mass is 290 g/mol. The summed E-state index contributed by atoms with van der Waals surface area (Å²) in [5.41, 5.74) is 1.79. The van der Waals surface area contributed by atoms with Gasteiger partial charge in [0.15, 0.2) is 0 Å². The summed E-state index contributed by atoms with van der Waals surface area (Å²) in [5.74, 6) is 0. The molecule has 114 valence electrons. The van der Waals surface area contributed by atoms with Crippen molar-refractivity contribution >= 4 is 5.71 Å². The molecule has 2 saturated heterocycles. The van der Waals surface area contributed by atoms with Gasteiger partial charge < -0.3 is 14.6 Å². The first-order valence-corrected chi connectivity index (χ1v) is 7.47. The number of hydrazone groups is 1. The first-order chi connectivity index (χ1) is 10.3. The van der Waals surface area contributed by atoms with Gasteiger partial charge in [-0.2, -0.15) is 5.10 Å². The minimum absolute atomic E-state index is 0.323. The van der Waals surface area contributed by atoms with E-state index in [0.29, 0.717) is 19.3 Å². The molecule has 3 atom stereocenters. The lowest BCUT2D eigenvalue weighted by molar-refractivity contribution is -0.0260. The Morgan fingerprint density at radius 3 is 2.90 bits per heavy atom. The van der Waals surface area contributed by atoms with Crippen molar-refractivity contribution in [2.75, 3.05) is 26.9 Å². The lowest BCUT2D eigenvalue weighted by Gasteiger charge is -2.34. The molecule has 3 rings (SSSR count). The van der Waals surface area contributed by atoms with E-state index in [9.17, 15) is 5.11 Å². The summed E-state index contributed by atoms with van der Waals surface area (Å²) in [6, 6.07) is 9.94. The highest BCUT2D eigenvalue weighted by Gasteiger charge is 2.36. The number of aliphatic hydroxyl groups is 1. The Balaban J connectivity index is 1.67. The van der Waals surface area contributed by atoms with Crippen molar-refractivity contribution in [3.05, 3.63) is 35.9 Å². The molecule has 2 aliphatic rings. The van der Waals surface area contributed by atoms with E-state index in [1.54, 1.807) is 7.11 Å². The molecule has 0 spiro atoms. The van der Waals surface area contributed by atoms with Crippen molar-refractivity contribution < 1.29 is 14.6 Å². The van der Waals surface area contributed by atoms with E-state index < -0.39 is 6.10 Å². The zero-order valence-corrected chi connectivity index (χ0v) is 12.3. The van der Waals surface area contributed by atoms with Gasteiger partial charge in [0.05, 0.1) is 25.0 Å². The highest BCUT2D eigenvalue weighted by atomic mass is 16.5. The minimum atomic E-state index is -0.651. The van der Waals surface area contributed by atoms with Gasteiger partial charge >= 0.3 is 0 Å². The molecule has 5 heteroatoms. The zero-order chi connectivity index (χ0) is 14.7. The van der Waals surface area contributed by atoms with Crippen LogP contribution in [0.15, 0.2) is 35.4 Å². The Kier molecular flexibility index (Phi) is 4.53. The number of hydrogen-bond acceptors (Lipinski definition) is 5. The first-order valence-electron chi connectivity index (χ1n) is 7.47. The predicted octanol–water partition coefficient (Wildman–Crippen LogP) is 1.59. The summed E-state index contributed by atoms with van der Waals surface area (Å²) in [7, 11) is 1.72. The largest absolute Gasteiger partial charge is 0.385 e. The summed E-state index contributed by atoms with van der Waals surface area (Å²) in [5, 5.41) is 17.2.